The van der Waals surface area contributed by atoms with Gasteiger partial charge in [-0.2, -0.15) is 0 Å². The molecule has 19 heavy (non-hydrogen) atoms. The van der Waals surface area contributed by atoms with Gasteiger partial charge in [-0.25, -0.2) is 0 Å². The minimum Gasteiger partial charge on any atom is -0.399 e. The molecule has 4 N–H and O–H groups in total. The molecule has 1 unspecified atom stereocenters. The Bertz CT molecular complexity index is 540. The van der Waals surface area contributed by atoms with Crippen LogP contribution in [-0.4, -0.2) is 22.5 Å². The molecule has 0 spiro atoms. The van der Waals surface area contributed by atoms with E-state index in [9.17, 15) is 9.90 Å². The summed E-state index contributed by atoms with van der Waals surface area (Å²) in [6.45, 7) is 0.124. The number of nitrogen functional groups attached to an aromatic ring is 1. The van der Waals surface area contributed by atoms with E-state index in [1.807, 2.05) is 0 Å². The zero-order valence-corrected chi connectivity index (χ0v) is 10.3. The molecular formula is C14H15N3O2. The highest BCUT2D eigenvalue weighted by Crippen LogP contribution is 2.13. The van der Waals surface area contributed by atoms with E-state index >= 15 is 0 Å². The van der Waals surface area contributed by atoms with Crippen LogP contribution < -0.4 is 11.1 Å². The van der Waals surface area contributed by atoms with Crippen LogP contribution in [0.3, 0.4) is 0 Å². The molecule has 0 aliphatic carbocycles. The zero-order valence-electron chi connectivity index (χ0n) is 10.3. The Balaban J connectivity index is 1.92. The second-order valence-corrected chi connectivity index (χ2v) is 4.11. The van der Waals surface area contributed by atoms with Gasteiger partial charge in [-0.05, 0) is 29.8 Å². The van der Waals surface area contributed by atoms with Gasteiger partial charge in [0, 0.05) is 18.4 Å². The summed E-state index contributed by atoms with van der Waals surface area (Å²) in [6.07, 6.45) is 0.777. The van der Waals surface area contributed by atoms with Gasteiger partial charge in [0.1, 0.15) is 5.69 Å². The lowest BCUT2D eigenvalue weighted by atomic mass is 10.1. The minimum absolute atomic E-state index is 0.124. The molecule has 0 saturated heterocycles. The minimum atomic E-state index is -0.770. The van der Waals surface area contributed by atoms with Crippen LogP contribution in [0.5, 0.6) is 0 Å². The molecule has 1 aromatic heterocycles. The fraction of sp³-hybridized carbons (Fsp3) is 0.143. The van der Waals surface area contributed by atoms with E-state index in [0.29, 0.717) is 16.9 Å². The summed E-state index contributed by atoms with van der Waals surface area (Å²) < 4.78 is 0. The number of aliphatic hydroxyl groups excluding tert-OH is 1. The molecule has 0 aliphatic heterocycles. The molecule has 1 aromatic carbocycles. The number of carbonyl (C=O) groups excluding carboxylic acids is 1. The Morgan fingerprint density at radius 1 is 1.26 bits per heavy atom. The zero-order chi connectivity index (χ0) is 13.7. The van der Waals surface area contributed by atoms with E-state index in [1.54, 1.807) is 48.7 Å². The van der Waals surface area contributed by atoms with Crippen molar-refractivity contribution in [2.75, 3.05) is 12.3 Å². The number of carbonyl (C=O) groups is 1. The van der Waals surface area contributed by atoms with Crippen molar-refractivity contribution in [3.05, 3.63) is 59.9 Å². The van der Waals surface area contributed by atoms with Gasteiger partial charge in [0.2, 0.25) is 0 Å². The average molecular weight is 257 g/mol. The van der Waals surface area contributed by atoms with E-state index in [2.05, 4.69) is 10.3 Å². The summed E-state index contributed by atoms with van der Waals surface area (Å²) >= 11 is 0. The van der Waals surface area contributed by atoms with Crippen LogP contribution in [0, 0.1) is 0 Å². The quantitative estimate of drug-likeness (QED) is 0.716. The van der Waals surface area contributed by atoms with Gasteiger partial charge in [0.15, 0.2) is 0 Å². The molecule has 1 atom stereocenters. The SMILES string of the molecule is Nc1ccc(C(O)CNC(=O)c2ccccn2)cc1. The Morgan fingerprint density at radius 2 is 2.00 bits per heavy atom. The fourth-order valence-electron chi connectivity index (χ4n) is 1.61. The van der Waals surface area contributed by atoms with Gasteiger partial charge in [0.05, 0.1) is 6.10 Å². The first-order valence-corrected chi connectivity index (χ1v) is 5.89. The Labute approximate surface area is 111 Å². The third-order valence-electron chi connectivity index (χ3n) is 2.67. The van der Waals surface area contributed by atoms with Crippen LogP contribution >= 0.6 is 0 Å². The number of aromatic nitrogens is 1. The monoisotopic (exact) mass is 257 g/mol. The first kappa shape index (κ1) is 13.0. The molecule has 0 radical (unpaired) electrons. The second kappa shape index (κ2) is 5.97. The molecule has 0 saturated carbocycles. The van der Waals surface area contributed by atoms with E-state index in [1.165, 1.54) is 0 Å². The lowest BCUT2D eigenvalue weighted by Crippen LogP contribution is -2.28. The predicted molar refractivity (Wildman–Crippen MR) is 72.4 cm³/mol. The van der Waals surface area contributed by atoms with Crippen molar-refractivity contribution in [3.8, 4) is 0 Å². The standard InChI is InChI=1S/C14H15N3O2/c15-11-6-4-10(5-7-11)13(18)9-17-14(19)12-3-1-2-8-16-12/h1-8,13,18H,9,15H2,(H,17,19). The molecule has 2 aromatic rings. The highest BCUT2D eigenvalue weighted by atomic mass is 16.3. The largest absolute Gasteiger partial charge is 0.399 e. The number of nitrogens with one attached hydrogen (secondary N) is 1. The van der Waals surface area contributed by atoms with Crippen molar-refractivity contribution in [1.82, 2.24) is 10.3 Å². The number of rotatable bonds is 4. The van der Waals surface area contributed by atoms with E-state index in [0.717, 1.165) is 0 Å². The number of aliphatic hydroxyl groups is 1. The molecule has 98 valence electrons. The van der Waals surface area contributed by atoms with Crippen LogP contribution in [0.25, 0.3) is 0 Å². The summed E-state index contributed by atoms with van der Waals surface area (Å²) in [5.74, 6) is -0.310. The summed E-state index contributed by atoms with van der Waals surface area (Å²) in [7, 11) is 0. The van der Waals surface area contributed by atoms with Crippen molar-refractivity contribution in [3.63, 3.8) is 0 Å². The van der Waals surface area contributed by atoms with Gasteiger partial charge in [-0.1, -0.05) is 18.2 Å². The number of hydrogen-bond acceptors (Lipinski definition) is 4. The Hall–Kier alpha value is -2.40. The number of benzene rings is 1. The first-order valence-electron chi connectivity index (χ1n) is 5.89. The normalized spacial score (nSPS) is 11.8. The Morgan fingerprint density at radius 3 is 2.63 bits per heavy atom. The lowest BCUT2D eigenvalue weighted by Gasteiger charge is -2.12. The number of nitrogens with two attached hydrogens (primary N) is 1. The van der Waals surface area contributed by atoms with Crippen LogP contribution in [-0.2, 0) is 0 Å². The van der Waals surface area contributed by atoms with E-state index in [4.69, 9.17) is 5.73 Å². The number of amides is 1. The van der Waals surface area contributed by atoms with Gasteiger partial charge < -0.3 is 16.2 Å². The van der Waals surface area contributed by atoms with Crippen LogP contribution in [0.2, 0.25) is 0 Å². The molecule has 5 nitrogen and oxygen atoms in total. The molecule has 0 aliphatic rings. The molecular weight excluding hydrogens is 242 g/mol. The van der Waals surface area contributed by atoms with Crippen molar-refractivity contribution in [2.24, 2.45) is 0 Å². The molecule has 2 rings (SSSR count). The maximum atomic E-state index is 11.7. The molecule has 1 amide bonds. The summed E-state index contributed by atoms with van der Waals surface area (Å²) in [6, 6.07) is 12.0. The maximum absolute atomic E-state index is 11.7. The third kappa shape index (κ3) is 3.53. The highest BCUT2D eigenvalue weighted by molar-refractivity contribution is 5.92. The number of hydrogen-bond donors (Lipinski definition) is 3. The van der Waals surface area contributed by atoms with Gasteiger partial charge in [-0.3, -0.25) is 9.78 Å². The smallest absolute Gasteiger partial charge is 0.269 e. The summed E-state index contributed by atoms with van der Waals surface area (Å²) in [4.78, 5) is 15.7. The van der Waals surface area contributed by atoms with Crippen LogP contribution in [0.4, 0.5) is 5.69 Å². The van der Waals surface area contributed by atoms with E-state index in [-0.39, 0.29) is 12.5 Å². The van der Waals surface area contributed by atoms with Crippen LogP contribution in [0.15, 0.2) is 48.7 Å². The molecule has 0 fully saturated rings. The van der Waals surface area contributed by atoms with Gasteiger partial charge >= 0.3 is 0 Å². The number of pyridine rings is 1. The molecule has 5 heteroatoms. The van der Waals surface area contributed by atoms with Crippen molar-refractivity contribution in [2.45, 2.75) is 6.10 Å². The van der Waals surface area contributed by atoms with Gasteiger partial charge in [-0.15, -0.1) is 0 Å². The Kier molecular flexibility index (Phi) is 4.10. The fourth-order valence-corrected chi connectivity index (χ4v) is 1.61. The lowest BCUT2D eigenvalue weighted by molar-refractivity contribution is 0.0911. The summed E-state index contributed by atoms with van der Waals surface area (Å²) in [5, 5.41) is 12.6. The number of anilines is 1. The number of nitrogens with zero attached hydrogens (tertiary/aromatic N) is 1. The first-order chi connectivity index (χ1) is 9.16. The van der Waals surface area contributed by atoms with Crippen molar-refractivity contribution >= 4 is 11.6 Å². The molecule has 0 bridgehead atoms. The predicted octanol–water partition coefficient (Wildman–Crippen LogP) is 1.13. The van der Waals surface area contributed by atoms with Crippen LogP contribution in [0.1, 0.15) is 22.2 Å². The average Bonchev–Trinajstić information content (AvgIpc) is 2.46. The molecule has 1 heterocycles. The maximum Gasteiger partial charge on any atom is 0.269 e. The summed E-state index contributed by atoms with van der Waals surface area (Å²) in [5.41, 5.74) is 7.23. The van der Waals surface area contributed by atoms with Gasteiger partial charge in [0.25, 0.3) is 5.91 Å². The van der Waals surface area contributed by atoms with Crippen molar-refractivity contribution in [1.29, 1.82) is 0 Å². The second-order valence-electron chi connectivity index (χ2n) is 4.11. The topological polar surface area (TPSA) is 88.2 Å². The van der Waals surface area contributed by atoms with E-state index < -0.39 is 6.10 Å². The third-order valence-corrected chi connectivity index (χ3v) is 2.67. The van der Waals surface area contributed by atoms with Crippen molar-refractivity contribution < 1.29 is 9.90 Å². The highest BCUT2D eigenvalue weighted by Gasteiger charge is 2.11.